The van der Waals surface area contributed by atoms with Gasteiger partial charge in [0.2, 0.25) is 0 Å². The molecule has 2 aromatic rings. The molecule has 0 aliphatic heterocycles. The number of aromatic nitrogens is 1. The topological polar surface area (TPSA) is 60.5 Å². The molecule has 24 heavy (non-hydrogen) atoms. The van der Waals surface area contributed by atoms with E-state index in [1.807, 2.05) is 0 Å². The van der Waals surface area contributed by atoms with Gasteiger partial charge in [-0.2, -0.15) is 0 Å². The molecule has 0 aliphatic carbocycles. The molecule has 1 heterocycles. The SMILES string of the molecule is COc1ccncc1CNC(=O)c1ccc(OC(F)(F)F)c(F)c1. The number of carbonyl (C=O) groups is 1. The molecule has 0 bridgehead atoms. The maximum atomic E-state index is 13.6. The Hall–Kier alpha value is -2.84. The number of halogens is 4. The van der Waals surface area contributed by atoms with Gasteiger partial charge in [-0.25, -0.2) is 4.39 Å². The van der Waals surface area contributed by atoms with Crippen molar-refractivity contribution in [3.63, 3.8) is 0 Å². The summed E-state index contributed by atoms with van der Waals surface area (Å²) in [4.78, 5) is 15.9. The third-order valence-corrected chi connectivity index (χ3v) is 2.94. The molecule has 0 saturated carbocycles. The van der Waals surface area contributed by atoms with Crippen LogP contribution in [0, 0.1) is 5.82 Å². The number of ether oxygens (including phenoxy) is 2. The van der Waals surface area contributed by atoms with Crippen LogP contribution in [-0.2, 0) is 6.54 Å². The van der Waals surface area contributed by atoms with Gasteiger partial charge in [0, 0.05) is 30.1 Å². The van der Waals surface area contributed by atoms with E-state index in [9.17, 15) is 22.4 Å². The Kier molecular flexibility index (Phi) is 5.22. The number of carbonyl (C=O) groups excluding carboxylic acids is 1. The molecule has 128 valence electrons. The number of pyridine rings is 1. The van der Waals surface area contributed by atoms with Gasteiger partial charge in [0.1, 0.15) is 5.75 Å². The highest BCUT2D eigenvalue weighted by Gasteiger charge is 2.32. The van der Waals surface area contributed by atoms with E-state index in [0.717, 1.165) is 12.1 Å². The minimum atomic E-state index is -5.01. The van der Waals surface area contributed by atoms with Gasteiger partial charge in [-0.15, -0.1) is 13.2 Å². The van der Waals surface area contributed by atoms with E-state index in [1.54, 1.807) is 6.07 Å². The zero-order valence-electron chi connectivity index (χ0n) is 12.4. The molecule has 1 aromatic carbocycles. The van der Waals surface area contributed by atoms with E-state index >= 15 is 0 Å². The summed E-state index contributed by atoms with van der Waals surface area (Å²) >= 11 is 0. The van der Waals surface area contributed by atoms with E-state index in [2.05, 4.69) is 15.0 Å². The van der Waals surface area contributed by atoms with Gasteiger partial charge < -0.3 is 14.8 Å². The standard InChI is InChI=1S/C15H12F4N2O3/c1-23-12-4-5-20-7-10(12)8-21-14(22)9-2-3-13(11(16)6-9)24-15(17,18)19/h2-7H,8H2,1H3,(H,21,22). The lowest BCUT2D eigenvalue weighted by atomic mass is 10.2. The van der Waals surface area contributed by atoms with E-state index in [1.165, 1.54) is 19.5 Å². The first-order valence-corrected chi connectivity index (χ1v) is 6.60. The van der Waals surface area contributed by atoms with Crippen molar-refractivity contribution in [1.82, 2.24) is 10.3 Å². The molecular formula is C15H12F4N2O3. The number of nitrogens with zero attached hydrogens (tertiary/aromatic N) is 1. The van der Waals surface area contributed by atoms with Crippen molar-refractivity contribution < 1.29 is 31.8 Å². The lowest BCUT2D eigenvalue weighted by Crippen LogP contribution is -2.23. The molecule has 5 nitrogen and oxygen atoms in total. The van der Waals surface area contributed by atoms with Crippen LogP contribution in [-0.4, -0.2) is 24.4 Å². The molecule has 0 radical (unpaired) electrons. The van der Waals surface area contributed by atoms with Crippen LogP contribution in [0.2, 0.25) is 0 Å². The monoisotopic (exact) mass is 344 g/mol. The van der Waals surface area contributed by atoms with Crippen molar-refractivity contribution in [3.8, 4) is 11.5 Å². The molecule has 1 aromatic heterocycles. The van der Waals surface area contributed by atoms with Gasteiger partial charge in [-0.05, 0) is 24.3 Å². The van der Waals surface area contributed by atoms with Gasteiger partial charge in [-0.3, -0.25) is 9.78 Å². The lowest BCUT2D eigenvalue weighted by Gasteiger charge is -2.11. The van der Waals surface area contributed by atoms with Crippen molar-refractivity contribution in [3.05, 3.63) is 53.6 Å². The van der Waals surface area contributed by atoms with E-state index in [0.29, 0.717) is 17.4 Å². The molecule has 0 atom stereocenters. The second kappa shape index (κ2) is 7.16. The maximum absolute atomic E-state index is 13.6. The molecular weight excluding hydrogens is 332 g/mol. The van der Waals surface area contributed by atoms with Gasteiger partial charge in [0.25, 0.3) is 5.91 Å². The fraction of sp³-hybridized carbons (Fsp3) is 0.200. The van der Waals surface area contributed by atoms with Crippen molar-refractivity contribution in [1.29, 1.82) is 0 Å². The van der Waals surface area contributed by atoms with Crippen LogP contribution in [0.3, 0.4) is 0 Å². The molecule has 2 rings (SSSR count). The minimum Gasteiger partial charge on any atom is -0.496 e. The van der Waals surface area contributed by atoms with Crippen LogP contribution in [0.25, 0.3) is 0 Å². The average Bonchev–Trinajstić information content (AvgIpc) is 2.53. The molecule has 0 unspecified atom stereocenters. The van der Waals surface area contributed by atoms with Crippen molar-refractivity contribution in [2.24, 2.45) is 0 Å². The number of benzene rings is 1. The van der Waals surface area contributed by atoms with Gasteiger partial charge in [0.15, 0.2) is 11.6 Å². The summed E-state index contributed by atoms with van der Waals surface area (Å²) in [6, 6.07) is 4.03. The fourth-order valence-electron chi connectivity index (χ4n) is 1.87. The largest absolute Gasteiger partial charge is 0.573 e. The van der Waals surface area contributed by atoms with Crippen molar-refractivity contribution in [2.45, 2.75) is 12.9 Å². The number of methoxy groups -OCH3 is 1. The van der Waals surface area contributed by atoms with Crippen LogP contribution < -0.4 is 14.8 Å². The third kappa shape index (κ3) is 4.58. The molecule has 0 saturated heterocycles. The van der Waals surface area contributed by atoms with Crippen molar-refractivity contribution in [2.75, 3.05) is 7.11 Å². The van der Waals surface area contributed by atoms with Crippen LogP contribution in [0.4, 0.5) is 17.6 Å². The third-order valence-electron chi connectivity index (χ3n) is 2.94. The molecule has 9 heteroatoms. The van der Waals surface area contributed by atoms with Gasteiger partial charge in [0.05, 0.1) is 7.11 Å². The van der Waals surface area contributed by atoms with Crippen LogP contribution in [0.5, 0.6) is 11.5 Å². The first-order valence-electron chi connectivity index (χ1n) is 6.60. The minimum absolute atomic E-state index is 0.0538. The molecule has 1 amide bonds. The van der Waals surface area contributed by atoms with E-state index < -0.39 is 23.8 Å². The first kappa shape index (κ1) is 17.5. The second-order valence-corrected chi connectivity index (χ2v) is 4.56. The Morgan fingerprint density at radius 3 is 2.62 bits per heavy atom. The number of hydrogen-bond donors (Lipinski definition) is 1. The molecule has 0 aliphatic rings. The predicted molar refractivity (Wildman–Crippen MR) is 75.0 cm³/mol. The lowest BCUT2D eigenvalue weighted by molar-refractivity contribution is -0.275. The highest BCUT2D eigenvalue weighted by molar-refractivity contribution is 5.94. The highest BCUT2D eigenvalue weighted by Crippen LogP contribution is 2.26. The van der Waals surface area contributed by atoms with Crippen LogP contribution >= 0.6 is 0 Å². The average molecular weight is 344 g/mol. The Balaban J connectivity index is 2.06. The molecule has 1 N–H and O–H groups in total. The van der Waals surface area contributed by atoms with E-state index in [-0.39, 0.29) is 12.1 Å². The van der Waals surface area contributed by atoms with E-state index in [4.69, 9.17) is 4.74 Å². The summed E-state index contributed by atoms with van der Waals surface area (Å²) in [6.07, 6.45) is -2.01. The normalized spacial score (nSPS) is 11.0. The Morgan fingerprint density at radius 1 is 1.25 bits per heavy atom. The Bertz CT molecular complexity index is 735. The van der Waals surface area contributed by atoms with Gasteiger partial charge >= 0.3 is 6.36 Å². The fourth-order valence-corrected chi connectivity index (χ4v) is 1.87. The quantitative estimate of drug-likeness (QED) is 0.847. The predicted octanol–water partition coefficient (Wildman–Crippen LogP) is 3.06. The first-order chi connectivity index (χ1) is 11.3. The molecule has 0 fully saturated rings. The summed E-state index contributed by atoms with van der Waals surface area (Å²) in [5.41, 5.74) is 0.440. The summed E-state index contributed by atoms with van der Waals surface area (Å²) in [6.45, 7) is 0.0538. The molecule has 0 spiro atoms. The summed E-state index contributed by atoms with van der Waals surface area (Å²) in [7, 11) is 1.45. The Morgan fingerprint density at radius 2 is 2.00 bits per heavy atom. The highest BCUT2D eigenvalue weighted by atomic mass is 19.4. The Labute approximate surface area is 134 Å². The number of nitrogens with one attached hydrogen (secondary N) is 1. The second-order valence-electron chi connectivity index (χ2n) is 4.56. The number of rotatable bonds is 5. The summed E-state index contributed by atoms with van der Waals surface area (Å²) in [5.74, 6) is -2.46. The van der Waals surface area contributed by atoms with Crippen molar-refractivity contribution >= 4 is 5.91 Å². The zero-order chi connectivity index (χ0) is 17.7. The van der Waals surface area contributed by atoms with Gasteiger partial charge in [-0.1, -0.05) is 0 Å². The number of hydrogen-bond acceptors (Lipinski definition) is 4. The zero-order valence-corrected chi connectivity index (χ0v) is 12.4. The smallest absolute Gasteiger partial charge is 0.496 e. The number of amides is 1. The number of alkyl halides is 3. The summed E-state index contributed by atoms with van der Waals surface area (Å²) in [5, 5.41) is 2.50. The maximum Gasteiger partial charge on any atom is 0.573 e. The van der Waals surface area contributed by atoms with Crippen LogP contribution in [0.1, 0.15) is 15.9 Å². The summed E-state index contributed by atoms with van der Waals surface area (Å²) < 4.78 is 58.4. The van der Waals surface area contributed by atoms with Crippen LogP contribution in [0.15, 0.2) is 36.7 Å².